The van der Waals surface area contributed by atoms with Gasteiger partial charge in [0.05, 0.1) is 5.56 Å². The van der Waals surface area contributed by atoms with Gasteiger partial charge in [-0.3, -0.25) is 0 Å². The lowest BCUT2D eigenvalue weighted by molar-refractivity contribution is 0.390. The Hall–Kier alpha value is -1.77. The van der Waals surface area contributed by atoms with Gasteiger partial charge in [-0.2, -0.15) is 0 Å². The number of hydrogen-bond acceptors (Lipinski definition) is 3. The molecule has 1 aromatic carbocycles. The molecule has 17 heavy (non-hydrogen) atoms. The van der Waals surface area contributed by atoms with Crippen LogP contribution in [0.3, 0.4) is 0 Å². The molecule has 1 aromatic heterocycles. The van der Waals surface area contributed by atoms with E-state index in [2.05, 4.69) is 43.3 Å². The number of benzene rings is 1. The average molecular weight is 230 g/mol. The van der Waals surface area contributed by atoms with Crippen molar-refractivity contribution in [1.82, 2.24) is 5.16 Å². The summed E-state index contributed by atoms with van der Waals surface area (Å²) < 4.78 is 5.20. The van der Waals surface area contributed by atoms with Crippen molar-refractivity contribution in [3.05, 3.63) is 35.6 Å². The van der Waals surface area contributed by atoms with E-state index in [1.54, 1.807) is 0 Å². The minimum Gasteiger partial charge on any atom is -0.380 e. The van der Waals surface area contributed by atoms with E-state index < -0.39 is 0 Å². The highest BCUT2D eigenvalue weighted by Crippen LogP contribution is 2.30. The predicted octanol–water partition coefficient (Wildman–Crippen LogP) is 3.61. The summed E-state index contributed by atoms with van der Waals surface area (Å²) >= 11 is 0. The van der Waals surface area contributed by atoms with Crippen molar-refractivity contribution in [2.24, 2.45) is 0 Å². The van der Waals surface area contributed by atoms with Gasteiger partial charge >= 0.3 is 0 Å². The molecule has 1 heterocycles. The summed E-state index contributed by atoms with van der Waals surface area (Å²) in [5.41, 5.74) is 9.17. The van der Waals surface area contributed by atoms with Crippen LogP contribution in [0, 0.1) is 0 Å². The van der Waals surface area contributed by atoms with Crippen LogP contribution in [-0.2, 0) is 6.42 Å². The molecule has 0 unspecified atom stereocenters. The summed E-state index contributed by atoms with van der Waals surface area (Å²) in [5.74, 6) is 1.86. The number of hydrogen-bond donors (Lipinski definition) is 1. The molecule has 0 aliphatic carbocycles. The largest absolute Gasteiger partial charge is 0.380 e. The minimum atomic E-state index is 0.471. The first-order chi connectivity index (χ1) is 8.13. The molecule has 2 N–H and O–H groups in total. The molecule has 0 bridgehead atoms. The lowest BCUT2D eigenvalue weighted by Crippen LogP contribution is -1.91. The number of rotatable bonds is 3. The van der Waals surface area contributed by atoms with Crippen LogP contribution in [0.5, 0.6) is 0 Å². The van der Waals surface area contributed by atoms with Gasteiger partial charge in [0.15, 0.2) is 5.82 Å². The second kappa shape index (κ2) is 4.62. The fraction of sp³-hybridized carbons (Fsp3) is 0.357. The second-order valence-corrected chi connectivity index (χ2v) is 4.50. The summed E-state index contributed by atoms with van der Waals surface area (Å²) in [5, 5.41) is 3.82. The van der Waals surface area contributed by atoms with Gasteiger partial charge in [0, 0.05) is 6.42 Å². The molecule has 0 aliphatic rings. The molecule has 0 amide bonds. The summed E-state index contributed by atoms with van der Waals surface area (Å²) in [4.78, 5) is 0. The molecule has 0 atom stereocenters. The van der Waals surface area contributed by atoms with Crippen LogP contribution >= 0.6 is 0 Å². The highest BCUT2D eigenvalue weighted by molar-refractivity contribution is 5.75. The average Bonchev–Trinajstić information content (AvgIpc) is 2.70. The number of nitrogen functional groups attached to an aromatic ring is 1. The molecule has 0 saturated carbocycles. The van der Waals surface area contributed by atoms with Crippen molar-refractivity contribution < 1.29 is 4.52 Å². The van der Waals surface area contributed by atoms with Gasteiger partial charge in [-0.05, 0) is 17.0 Å². The quantitative estimate of drug-likeness (QED) is 0.876. The second-order valence-electron chi connectivity index (χ2n) is 4.50. The molecular weight excluding hydrogens is 212 g/mol. The zero-order valence-electron chi connectivity index (χ0n) is 10.5. The lowest BCUT2D eigenvalue weighted by Gasteiger charge is -2.06. The van der Waals surface area contributed by atoms with Crippen LogP contribution in [0.25, 0.3) is 11.1 Å². The number of aromatic nitrogens is 1. The third-order valence-electron chi connectivity index (χ3n) is 2.98. The van der Waals surface area contributed by atoms with E-state index in [1.165, 1.54) is 5.56 Å². The van der Waals surface area contributed by atoms with Crippen molar-refractivity contribution in [1.29, 1.82) is 0 Å². The van der Waals surface area contributed by atoms with Gasteiger partial charge in [0.1, 0.15) is 5.76 Å². The van der Waals surface area contributed by atoms with E-state index in [4.69, 9.17) is 10.3 Å². The molecule has 0 saturated heterocycles. The molecule has 3 nitrogen and oxygen atoms in total. The third-order valence-corrected chi connectivity index (χ3v) is 2.98. The molecule has 2 aromatic rings. The Balaban J connectivity index is 2.42. The maximum atomic E-state index is 5.84. The van der Waals surface area contributed by atoms with E-state index in [9.17, 15) is 0 Å². The van der Waals surface area contributed by atoms with E-state index in [0.717, 1.165) is 23.3 Å². The van der Waals surface area contributed by atoms with E-state index in [0.29, 0.717) is 11.7 Å². The molecular formula is C14H18N2O. The molecule has 90 valence electrons. The Bertz CT molecular complexity index is 497. The van der Waals surface area contributed by atoms with Crippen LogP contribution in [0.2, 0.25) is 0 Å². The summed E-state index contributed by atoms with van der Waals surface area (Å²) in [6.45, 7) is 6.40. The van der Waals surface area contributed by atoms with Crippen LogP contribution < -0.4 is 5.73 Å². The van der Waals surface area contributed by atoms with Gasteiger partial charge in [0.25, 0.3) is 0 Å². The fourth-order valence-electron chi connectivity index (χ4n) is 1.92. The van der Waals surface area contributed by atoms with Crippen molar-refractivity contribution in [2.75, 3.05) is 5.73 Å². The van der Waals surface area contributed by atoms with Crippen molar-refractivity contribution in [3.8, 4) is 11.1 Å². The minimum absolute atomic E-state index is 0.471. The highest BCUT2D eigenvalue weighted by atomic mass is 16.5. The van der Waals surface area contributed by atoms with Crippen molar-refractivity contribution in [3.63, 3.8) is 0 Å². The first kappa shape index (κ1) is 11.7. The maximum Gasteiger partial charge on any atom is 0.175 e. The molecule has 2 rings (SSSR count). The fourth-order valence-corrected chi connectivity index (χ4v) is 1.92. The Morgan fingerprint density at radius 3 is 2.41 bits per heavy atom. The van der Waals surface area contributed by atoms with E-state index in [1.807, 2.05) is 6.92 Å². The highest BCUT2D eigenvalue weighted by Gasteiger charge is 2.14. The SMILES string of the molecule is CCc1onc(N)c1-c1ccc(C(C)C)cc1. The van der Waals surface area contributed by atoms with E-state index in [-0.39, 0.29) is 0 Å². The number of nitrogens with two attached hydrogens (primary N) is 1. The third kappa shape index (κ3) is 2.18. The standard InChI is InChI=1S/C14H18N2O/c1-4-12-13(14(15)16-17-12)11-7-5-10(6-8-11)9(2)3/h5-9H,4H2,1-3H3,(H2,15,16). The zero-order chi connectivity index (χ0) is 12.4. The Morgan fingerprint density at radius 1 is 1.24 bits per heavy atom. The van der Waals surface area contributed by atoms with Gasteiger partial charge < -0.3 is 10.3 Å². The van der Waals surface area contributed by atoms with Gasteiger partial charge in [-0.25, -0.2) is 0 Å². The van der Waals surface area contributed by atoms with Gasteiger partial charge in [0.2, 0.25) is 0 Å². The number of anilines is 1. The zero-order valence-corrected chi connectivity index (χ0v) is 10.5. The monoisotopic (exact) mass is 230 g/mol. The Morgan fingerprint density at radius 2 is 1.88 bits per heavy atom. The van der Waals surface area contributed by atoms with Crippen LogP contribution in [-0.4, -0.2) is 5.16 Å². The first-order valence-electron chi connectivity index (χ1n) is 5.97. The topological polar surface area (TPSA) is 52.0 Å². The molecule has 0 radical (unpaired) electrons. The van der Waals surface area contributed by atoms with Crippen LogP contribution in [0.1, 0.15) is 38.0 Å². The molecule has 0 spiro atoms. The predicted molar refractivity (Wildman–Crippen MR) is 69.8 cm³/mol. The summed E-state index contributed by atoms with van der Waals surface area (Å²) in [6.07, 6.45) is 0.797. The molecule has 3 heteroatoms. The normalized spacial score (nSPS) is 11.1. The Labute approximate surface area is 102 Å². The lowest BCUT2D eigenvalue weighted by atomic mass is 9.98. The van der Waals surface area contributed by atoms with Crippen LogP contribution in [0.15, 0.2) is 28.8 Å². The van der Waals surface area contributed by atoms with Crippen molar-refractivity contribution in [2.45, 2.75) is 33.1 Å². The maximum absolute atomic E-state index is 5.84. The van der Waals surface area contributed by atoms with Gasteiger partial charge in [-0.15, -0.1) is 0 Å². The Kier molecular flexibility index (Phi) is 3.18. The number of aryl methyl sites for hydroxylation is 1. The summed E-state index contributed by atoms with van der Waals surface area (Å²) in [6, 6.07) is 8.42. The smallest absolute Gasteiger partial charge is 0.175 e. The van der Waals surface area contributed by atoms with Crippen molar-refractivity contribution >= 4 is 5.82 Å². The van der Waals surface area contributed by atoms with Crippen LogP contribution in [0.4, 0.5) is 5.82 Å². The summed E-state index contributed by atoms with van der Waals surface area (Å²) in [7, 11) is 0. The number of nitrogens with zero attached hydrogens (tertiary/aromatic N) is 1. The van der Waals surface area contributed by atoms with Gasteiger partial charge in [-0.1, -0.05) is 50.2 Å². The van der Waals surface area contributed by atoms with E-state index >= 15 is 0 Å². The molecule has 0 fully saturated rings. The first-order valence-corrected chi connectivity index (χ1v) is 5.97. The molecule has 0 aliphatic heterocycles.